The van der Waals surface area contributed by atoms with Crippen molar-refractivity contribution in [3.63, 3.8) is 0 Å². The summed E-state index contributed by atoms with van der Waals surface area (Å²) in [5, 5.41) is 0. The molecule has 0 aromatic heterocycles. The van der Waals surface area contributed by atoms with Crippen LogP contribution in [0.15, 0.2) is 12.2 Å². The summed E-state index contributed by atoms with van der Waals surface area (Å²) in [5.41, 5.74) is -1.06. The van der Waals surface area contributed by atoms with E-state index >= 15 is 0 Å². The summed E-state index contributed by atoms with van der Waals surface area (Å²) in [6, 6.07) is 0. The predicted molar refractivity (Wildman–Crippen MR) is 36.8 cm³/mol. The van der Waals surface area contributed by atoms with E-state index in [4.69, 9.17) is 0 Å². The van der Waals surface area contributed by atoms with E-state index < -0.39 is 36.9 Å². The highest BCUT2D eigenvalue weighted by atomic mass is 19.4. The molecule has 0 rings (SSSR count). The molecule has 0 unspecified atom stereocenters. The minimum absolute atomic E-state index is 1.06. The van der Waals surface area contributed by atoms with Crippen molar-refractivity contribution in [3.8, 4) is 0 Å². The smallest absolute Gasteiger partial charge is 0.422 e. The van der Waals surface area contributed by atoms with Gasteiger partial charge in [-0.2, -0.15) is 26.3 Å². The molecule has 0 aliphatic rings. The number of rotatable bonds is 3. The molecule has 0 aromatic rings. The van der Waals surface area contributed by atoms with Crippen LogP contribution in [0.3, 0.4) is 0 Å². The Hall–Kier alpha value is -1.21. The fourth-order valence-corrected chi connectivity index (χ4v) is 0.564. The molecule has 8 heteroatoms. The van der Waals surface area contributed by atoms with Gasteiger partial charge >= 0.3 is 18.3 Å². The van der Waals surface area contributed by atoms with Crippen LogP contribution < -0.4 is 0 Å². The van der Waals surface area contributed by atoms with Crippen LogP contribution in [0, 0.1) is 0 Å². The van der Waals surface area contributed by atoms with Crippen molar-refractivity contribution in [2.75, 3.05) is 6.61 Å². The number of hydrogen-bond donors (Lipinski definition) is 0. The van der Waals surface area contributed by atoms with Crippen molar-refractivity contribution in [2.45, 2.75) is 18.8 Å². The van der Waals surface area contributed by atoms with Crippen LogP contribution in [0.1, 0.15) is 6.42 Å². The van der Waals surface area contributed by atoms with E-state index in [-0.39, 0.29) is 0 Å². The molecule has 0 radical (unpaired) electrons. The Bertz CT molecular complexity index is 251. The molecule has 0 spiro atoms. The molecule has 0 heterocycles. The Labute approximate surface area is 80.5 Å². The van der Waals surface area contributed by atoms with Crippen LogP contribution in [-0.4, -0.2) is 24.9 Å². The van der Waals surface area contributed by atoms with Gasteiger partial charge in [0.2, 0.25) is 0 Å². The minimum atomic E-state index is -4.77. The Balaban J connectivity index is 4.08. The molecular weight excluding hydrogens is 230 g/mol. The van der Waals surface area contributed by atoms with E-state index in [1.54, 1.807) is 0 Å². The Morgan fingerprint density at radius 1 is 1.07 bits per heavy atom. The highest BCUT2D eigenvalue weighted by Crippen LogP contribution is 2.24. The van der Waals surface area contributed by atoms with Gasteiger partial charge in [0.1, 0.15) is 0 Å². The lowest BCUT2D eigenvalue weighted by atomic mass is 10.2. The number of hydrogen-bond acceptors (Lipinski definition) is 2. The second-order valence-corrected chi connectivity index (χ2v) is 2.59. The zero-order chi connectivity index (χ0) is 12.3. The van der Waals surface area contributed by atoms with Crippen molar-refractivity contribution < 1.29 is 35.9 Å². The maximum absolute atomic E-state index is 11.6. The standard InChI is InChI=1S/C7H6F6O2/c1-4(2-6(8,9)10)5(14)15-3-7(11,12)13/h1-3H2. The lowest BCUT2D eigenvalue weighted by Gasteiger charge is -2.10. The molecule has 0 saturated carbocycles. The largest absolute Gasteiger partial charge is 0.453 e. The van der Waals surface area contributed by atoms with Crippen molar-refractivity contribution >= 4 is 5.97 Å². The van der Waals surface area contributed by atoms with Crippen LogP contribution in [0.5, 0.6) is 0 Å². The van der Waals surface area contributed by atoms with E-state index in [9.17, 15) is 31.1 Å². The molecule has 0 fully saturated rings. The molecule has 0 aliphatic heterocycles. The number of carbonyl (C=O) groups excluding carboxylic acids is 1. The van der Waals surface area contributed by atoms with Gasteiger partial charge in [-0.3, -0.25) is 0 Å². The molecule has 0 amide bonds. The summed E-state index contributed by atoms with van der Waals surface area (Å²) in [5.74, 6) is -1.70. The molecule has 0 atom stereocenters. The third-order valence-electron chi connectivity index (χ3n) is 1.07. The maximum Gasteiger partial charge on any atom is 0.422 e. The summed E-state index contributed by atoms with van der Waals surface area (Å²) < 4.78 is 73.0. The summed E-state index contributed by atoms with van der Waals surface area (Å²) in [6.45, 7) is 0.751. The van der Waals surface area contributed by atoms with Gasteiger partial charge in [-0.25, -0.2) is 4.79 Å². The van der Waals surface area contributed by atoms with Gasteiger partial charge in [0.25, 0.3) is 0 Å². The first kappa shape index (κ1) is 13.8. The van der Waals surface area contributed by atoms with Gasteiger partial charge in [-0.05, 0) is 0 Å². The third-order valence-corrected chi connectivity index (χ3v) is 1.07. The fraction of sp³-hybridized carbons (Fsp3) is 0.571. The number of carbonyl (C=O) groups is 1. The van der Waals surface area contributed by atoms with E-state index in [0.29, 0.717) is 0 Å². The highest BCUT2D eigenvalue weighted by Gasteiger charge is 2.33. The molecule has 0 bridgehead atoms. The van der Waals surface area contributed by atoms with Crippen LogP contribution in [0.25, 0.3) is 0 Å². The first-order valence-electron chi connectivity index (χ1n) is 3.50. The number of halogens is 6. The maximum atomic E-state index is 11.6. The van der Waals surface area contributed by atoms with Crippen molar-refractivity contribution in [2.24, 2.45) is 0 Å². The average molecular weight is 236 g/mol. The van der Waals surface area contributed by atoms with Crippen LogP contribution in [-0.2, 0) is 9.53 Å². The lowest BCUT2D eigenvalue weighted by Crippen LogP contribution is -2.22. The van der Waals surface area contributed by atoms with Gasteiger partial charge in [0, 0.05) is 5.57 Å². The number of ether oxygens (including phenoxy) is 1. The first-order chi connectivity index (χ1) is 6.51. The molecule has 0 aliphatic carbocycles. The van der Waals surface area contributed by atoms with Gasteiger partial charge in [0.05, 0.1) is 6.42 Å². The number of esters is 1. The average Bonchev–Trinajstić information content (AvgIpc) is 1.95. The first-order valence-corrected chi connectivity index (χ1v) is 3.50. The minimum Gasteiger partial charge on any atom is -0.453 e. The second kappa shape index (κ2) is 4.54. The third kappa shape index (κ3) is 7.83. The normalized spacial score (nSPS) is 12.4. The Morgan fingerprint density at radius 3 is 1.87 bits per heavy atom. The second-order valence-electron chi connectivity index (χ2n) is 2.59. The Kier molecular flexibility index (Phi) is 4.17. The molecule has 88 valence electrons. The van der Waals surface area contributed by atoms with E-state index in [0.717, 1.165) is 0 Å². The van der Waals surface area contributed by atoms with Crippen molar-refractivity contribution in [1.29, 1.82) is 0 Å². The molecule has 2 nitrogen and oxygen atoms in total. The topological polar surface area (TPSA) is 26.3 Å². The zero-order valence-corrected chi connectivity index (χ0v) is 7.21. The predicted octanol–water partition coefficient (Wildman–Crippen LogP) is 2.60. The highest BCUT2D eigenvalue weighted by molar-refractivity contribution is 5.87. The zero-order valence-electron chi connectivity index (χ0n) is 7.21. The van der Waals surface area contributed by atoms with E-state index in [1.807, 2.05) is 0 Å². The molecule has 0 saturated heterocycles. The van der Waals surface area contributed by atoms with Crippen molar-refractivity contribution in [3.05, 3.63) is 12.2 Å². The van der Waals surface area contributed by atoms with Gasteiger partial charge in [-0.1, -0.05) is 6.58 Å². The van der Waals surface area contributed by atoms with Crippen LogP contribution in [0.4, 0.5) is 26.3 Å². The van der Waals surface area contributed by atoms with E-state index in [2.05, 4.69) is 11.3 Å². The SMILES string of the molecule is C=C(CC(F)(F)F)C(=O)OCC(F)(F)F. The molecule has 0 N–H and O–H groups in total. The Morgan fingerprint density at radius 2 is 1.53 bits per heavy atom. The van der Waals surface area contributed by atoms with Gasteiger partial charge in [-0.15, -0.1) is 0 Å². The lowest BCUT2D eigenvalue weighted by molar-refractivity contribution is -0.184. The summed E-state index contributed by atoms with van der Waals surface area (Å²) in [4.78, 5) is 10.5. The number of alkyl halides is 6. The summed E-state index contributed by atoms with van der Waals surface area (Å²) in [6.07, 6.45) is -11.2. The monoisotopic (exact) mass is 236 g/mol. The van der Waals surface area contributed by atoms with Crippen molar-refractivity contribution in [1.82, 2.24) is 0 Å². The van der Waals surface area contributed by atoms with Gasteiger partial charge < -0.3 is 4.74 Å². The quantitative estimate of drug-likeness (QED) is 0.427. The van der Waals surface area contributed by atoms with Crippen LogP contribution >= 0.6 is 0 Å². The summed E-state index contributed by atoms with van der Waals surface area (Å²) >= 11 is 0. The molecular formula is C7H6F6O2. The fourth-order valence-electron chi connectivity index (χ4n) is 0.564. The van der Waals surface area contributed by atoms with Gasteiger partial charge in [0.15, 0.2) is 6.61 Å². The summed E-state index contributed by atoms with van der Waals surface area (Å²) in [7, 11) is 0. The molecule has 15 heavy (non-hydrogen) atoms. The van der Waals surface area contributed by atoms with Crippen LogP contribution in [0.2, 0.25) is 0 Å². The van der Waals surface area contributed by atoms with E-state index in [1.165, 1.54) is 0 Å². The molecule has 0 aromatic carbocycles.